The normalized spacial score (nSPS) is 30.8. The van der Waals surface area contributed by atoms with E-state index in [1.165, 1.54) is 25.0 Å². The highest BCUT2D eigenvalue weighted by Crippen LogP contribution is 2.29. The van der Waals surface area contributed by atoms with Gasteiger partial charge in [-0.1, -0.05) is 0 Å². The molecule has 4 N–H and O–H groups in total. The maximum atomic E-state index is 12.4. The van der Waals surface area contributed by atoms with Crippen LogP contribution in [0.4, 0.5) is 0 Å². The van der Waals surface area contributed by atoms with Gasteiger partial charge in [0.1, 0.15) is 24.4 Å². The monoisotopic (exact) mass is 342 g/mol. The number of rotatable bonds is 2. The number of aryl methyl sites for hydroxylation is 1. The number of nitrogens with zero attached hydrogens (tertiary/aromatic N) is 4. The predicted octanol–water partition coefficient (Wildman–Crippen LogP) is -3.59. The van der Waals surface area contributed by atoms with Crippen LogP contribution in [0, 0.1) is 0 Å². The SMILES string of the molecule is Cn1c(=O)c2c(ncn2[C@@H]2O[C@H](CO)[C@@H](O)[C@H](O)[C@H]2O)n(C)c1=O. The molecule has 5 atom stereocenters. The van der Waals surface area contributed by atoms with Gasteiger partial charge in [-0.2, -0.15) is 0 Å². The van der Waals surface area contributed by atoms with E-state index in [1.54, 1.807) is 0 Å². The highest BCUT2D eigenvalue weighted by Gasteiger charge is 2.44. The summed E-state index contributed by atoms with van der Waals surface area (Å²) >= 11 is 0. The zero-order chi connectivity index (χ0) is 17.8. The van der Waals surface area contributed by atoms with Gasteiger partial charge < -0.3 is 25.2 Å². The third kappa shape index (κ3) is 2.21. The van der Waals surface area contributed by atoms with Crippen LogP contribution in [0.25, 0.3) is 11.2 Å². The summed E-state index contributed by atoms with van der Waals surface area (Å²) in [7, 11) is 2.74. The van der Waals surface area contributed by atoms with Crippen LogP contribution in [0.1, 0.15) is 6.23 Å². The van der Waals surface area contributed by atoms with Crippen molar-refractivity contribution < 1.29 is 25.2 Å². The molecule has 132 valence electrons. The maximum Gasteiger partial charge on any atom is 0.332 e. The van der Waals surface area contributed by atoms with Crippen LogP contribution in [-0.2, 0) is 18.8 Å². The summed E-state index contributed by atoms with van der Waals surface area (Å²) in [6.45, 7) is -0.593. The van der Waals surface area contributed by atoms with Gasteiger partial charge in [0.2, 0.25) is 0 Å². The third-order valence-electron chi connectivity index (χ3n) is 4.31. The first kappa shape index (κ1) is 16.8. The Labute approximate surface area is 134 Å². The zero-order valence-electron chi connectivity index (χ0n) is 13.0. The minimum atomic E-state index is -1.59. The van der Waals surface area contributed by atoms with Crippen LogP contribution in [-0.4, -0.2) is 70.1 Å². The molecule has 0 saturated carbocycles. The first-order valence-corrected chi connectivity index (χ1v) is 7.22. The Bertz CT molecular complexity index is 883. The molecule has 1 aliphatic rings. The topological polar surface area (TPSA) is 152 Å². The first-order valence-electron chi connectivity index (χ1n) is 7.22. The van der Waals surface area contributed by atoms with Gasteiger partial charge in [-0.15, -0.1) is 0 Å². The smallest absolute Gasteiger partial charge is 0.332 e. The molecule has 11 heteroatoms. The standard InChI is InChI=1S/C13H18N4O7/c1-15-10-6(11(22)16(2)13(15)23)17(4-14-10)12-9(21)8(20)7(19)5(3-18)24-12/h4-5,7-9,12,18-21H,3H2,1-2H3/t5-,7-,8+,9-,12-/m1/s1. The maximum absolute atomic E-state index is 12.4. The summed E-state index contributed by atoms with van der Waals surface area (Å²) in [5.41, 5.74) is -1.14. The second kappa shape index (κ2) is 5.79. The van der Waals surface area contributed by atoms with Crippen LogP contribution >= 0.6 is 0 Å². The molecule has 0 spiro atoms. The Balaban J connectivity index is 2.20. The molecule has 1 aliphatic heterocycles. The second-order valence-electron chi connectivity index (χ2n) is 5.75. The van der Waals surface area contributed by atoms with Crippen molar-refractivity contribution in [2.45, 2.75) is 30.6 Å². The fourth-order valence-corrected chi connectivity index (χ4v) is 2.87. The van der Waals surface area contributed by atoms with Gasteiger partial charge in [0, 0.05) is 14.1 Å². The molecular weight excluding hydrogens is 324 g/mol. The molecule has 3 rings (SSSR count). The minimum Gasteiger partial charge on any atom is -0.394 e. The molecule has 11 nitrogen and oxygen atoms in total. The molecule has 0 bridgehead atoms. The largest absolute Gasteiger partial charge is 0.394 e. The summed E-state index contributed by atoms with van der Waals surface area (Å²) in [6.07, 6.45) is -5.86. The fourth-order valence-electron chi connectivity index (χ4n) is 2.87. The number of aliphatic hydroxyl groups is 4. The van der Waals surface area contributed by atoms with Gasteiger partial charge in [0.25, 0.3) is 5.56 Å². The van der Waals surface area contributed by atoms with Crippen LogP contribution < -0.4 is 11.2 Å². The van der Waals surface area contributed by atoms with Crippen molar-refractivity contribution in [3.05, 3.63) is 27.2 Å². The van der Waals surface area contributed by atoms with Gasteiger partial charge in [0.05, 0.1) is 12.9 Å². The lowest BCUT2D eigenvalue weighted by Gasteiger charge is -2.40. The number of hydrogen-bond acceptors (Lipinski definition) is 8. The second-order valence-corrected chi connectivity index (χ2v) is 5.75. The van der Waals surface area contributed by atoms with Gasteiger partial charge in [-0.3, -0.25) is 18.5 Å². The highest BCUT2D eigenvalue weighted by atomic mass is 16.6. The van der Waals surface area contributed by atoms with Crippen molar-refractivity contribution in [1.82, 2.24) is 18.7 Å². The number of hydrogen-bond donors (Lipinski definition) is 4. The molecule has 24 heavy (non-hydrogen) atoms. The lowest BCUT2D eigenvalue weighted by atomic mass is 9.98. The van der Waals surface area contributed by atoms with Crippen LogP contribution in [0.5, 0.6) is 0 Å². The molecule has 2 aromatic heterocycles. The molecule has 0 aliphatic carbocycles. The van der Waals surface area contributed by atoms with E-state index in [0.717, 1.165) is 9.13 Å². The molecular formula is C13H18N4O7. The molecule has 2 aromatic rings. The average Bonchev–Trinajstić information content (AvgIpc) is 3.01. The van der Waals surface area contributed by atoms with Crippen molar-refractivity contribution in [2.24, 2.45) is 14.1 Å². The van der Waals surface area contributed by atoms with Gasteiger partial charge in [-0.25, -0.2) is 9.78 Å². The van der Waals surface area contributed by atoms with Crippen molar-refractivity contribution in [3.63, 3.8) is 0 Å². The van der Waals surface area contributed by atoms with E-state index in [0.29, 0.717) is 0 Å². The highest BCUT2D eigenvalue weighted by molar-refractivity contribution is 5.70. The fraction of sp³-hybridized carbons (Fsp3) is 0.615. The Morgan fingerprint density at radius 3 is 2.42 bits per heavy atom. The van der Waals surface area contributed by atoms with E-state index < -0.39 is 48.5 Å². The molecule has 3 heterocycles. The van der Waals surface area contributed by atoms with Crippen LogP contribution in [0.15, 0.2) is 15.9 Å². The van der Waals surface area contributed by atoms with Crippen LogP contribution in [0.2, 0.25) is 0 Å². The summed E-state index contributed by atoms with van der Waals surface area (Å²) in [6, 6.07) is 0. The van der Waals surface area contributed by atoms with Crippen molar-refractivity contribution in [2.75, 3.05) is 6.61 Å². The van der Waals surface area contributed by atoms with Crippen molar-refractivity contribution in [3.8, 4) is 0 Å². The Morgan fingerprint density at radius 2 is 1.79 bits per heavy atom. The molecule has 0 amide bonds. The van der Waals surface area contributed by atoms with Gasteiger partial charge >= 0.3 is 5.69 Å². The van der Waals surface area contributed by atoms with Crippen molar-refractivity contribution >= 4 is 11.2 Å². The van der Waals surface area contributed by atoms with E-state index in [9.17, 15) is 30.0 Å². The lowest BCUT2D eigenvalue weighted by molar-refractivity contribution is -0.250. The van der Waals surface area contributed by atoms with E-state index in [-0.39, 0.29) is 11.2 Å². The number of aliphatic hydroxyl groups excluding tert-OH is 4. The third-order valence-corrected chi connectivity index (χ3v) is 4.31. The number of ether oxygens (including phenoxy) is 1. The van der Waals surface area contributed by atoms with E-state index in [2.05, 4.69) is 4.98 Å². The molecule has 0 unspecified atom stereocenters. The van der Waals surface area contributed by atoms with Crippen LogP contribution in [0.3, 0.4) is 0 Å². The van der Waals surface area contributed by atoms with E-state index >= 15 is 0 Å². The number of aromatic nitrogens is 4. The summed E-state index contributed by atoms with van der Waals surface area (Å²) in [4.78, 5) is 28.4. The molecule has 0 radical (unpaired) electrons. The predicted molar refractivity (Wildman–Crippen MR) is 79.2 cm³/mol. The Hall–Kier alpha value is -2.05. The first-order chi connectivity index (χ1) is 11.3. The molecule has 1 saturated heterocycles. The zero-order valence-corrected chi connectivity index (χ0v) is 13.0. The lowest BCUT2D eigenvalue weighted by Crippen LogP contribution is -2.56. The van der Waals surface area contributed by atoms with Crippen molar-refractivity contribution in [1.29, 1.82) is 0 Å². The van der Waals surface area contributed by atoms with Gasteiger partial charge in [0.15, 0.2) is 17.4 Å². The molecule has 1 fully saturated rings. The summed E-state index contributed by atoms with van der Waals surface area (Å²) in [5.74, 6) is 0. The average molecular weight is 342 g/mol. The molecule has 0 aromatic carbocycles. The Kier molecular flexibility index (Phi) is 4.05. The van der Waals surface area contributed by atoms with E-state index in [4.69, 9.17) is 4.74 Å². The Morgan fingerprint density at radius 1 is 1.12 bits per heavy atom. The number of fused-ring (bicyclic) bond motifs is 1. The minimum absolute atomic E-state index is 0.0103. The van der Waals surface area contributed by atoms with Gasteiger partial charge in [-0.05, 0) is 0 Å². The van der Waals surface area contributed by atoms with E-state index in [1.807, 2.05) is 0 Å². The summed E-state index contributed by atoms with van der Waals surface area (Å²) < 4.78 is 8.65. The quantitative estimate of drug-likeness (QED) is 0.437. The number of imidazole rings is 1. The summed E-state index contributed by atoms with van der Waals surface area (Å²) in [5, 5.41) is 39.2.